The lowest BCUT2D eigenvalue weighted by atomic mass is 10.1. The molecule has 0 unspecified atom stereocenters. The first kappa shape index (κ1) is 11.6. The van der Waals surface area contributed by atoms with Crippen LogP contribution in [0.4, 0.5) is 5.69 Å². The van der Waals surface area contributed by atoms with Crippen LogP contribution in [0.5, 0.6) is 0 Å². The van der Waals surface area contributed by atoms with Crippen LogP contribution in [0, 0.1) is 3.57 Å². The van der Waals surface area contributed by atoms with Crippen molar-refractivity contribution in [2.24, 2.45) is 0 Å². The summed E-state index contributed by atoms with van der Waals surface area (Å²) >= 11 is 7.81. The van der Waals surface area contributed by atoms with Gasteiger partial charge in [0.05, 0.1) is 14.2 Å². The molecular weight excluding hydrogens is 316 g/mol. The fourth-order valence-corrected chi connectivity index (χ4v) is 2.02. The van der Waals surface area contributed by atoms with Crippen molar-refractivity contribution in [3.05, 3.63) is 25.8 Å². The highest BCUT2D eigenvalue weighted by molar-refractivity contribution is 14.1. The molecule has 76 valence electrons. The fourth-order valence-electron chi connectivity index (χ4n) is 1.14. The van der Waals surface area contributed by atoms with Crippen LogP contribution in [0.15, 0.2) is 6.07 Å². The van der Waals surface area contributed by atoms with Crippen LogP contribution in [0.3, 0.4) is 0 Å². The lowest BCUT2D eigenvalue weighted by Gasteiger charge is -2.09. The minimum Gasteiger partial charge on any atom is -0.478 e. The van der Waals surface area contributed by atoms with Crippen molar-refractivity contribution in [1.82, 2.24) is 0 Å². The topological polar surface area (TPSA) is 63.3 Å². The number of aromatic carboxylic acids is 1. The Morgan fingerprint density at radius 3 is 2.71 bits per heavy atom. The van der Waals surface area contributed by atoms with E-state index in [4.69, 9.17) is 22.4 Å². The third kappa shape index (κ3) is 1.95. The first-order valence-electron chi connectivity index (χ1n) is 3.98. The van der Waals surface area contributed by atoms with Gasteiger partial charge in [-0.15, -0.1) is 0 Å². The Morgan fingerprint density at radius 2 is 2.29 bits per heavy atom. The van der Waals surface area contributed by atoms with Crippen LogP contribution in [-0.4, -0.2) is 11.1 Å². The minimum absolute atomic E-state index is 0.113. The standard InChI is InChI=1S/C9H9ClINO2/c1-2-4-3-5(9(13)14)6(10)7(11)8(4)12/h3H,2,12H2,1H3,(H,13,14). The highest BCUT2D eigenvalue weighted by atomic mass is 127. The van der Waals surface area contributed by atoms with E-state index in [0.717, 1.165) is 5.56 Å². The van der Waals surface area contributed by atoms with Gasteiger partial charge < -0.3 is 10.8 Å². The van der Waals surface area contributed by atoms with E-state index in [-0.39, 0.29) is 10.6 Å². The predicted molar refractivity (Wildman–Crippen MR) is 64.9 cm³/mol. The molecule has 0 atom stereocenters. The Balaban J connectivity index is 3.48. The Labute approximate surface area is 100 Å². The van der Waals surface area contributed by atoms with Gasteiger partial charge in [-0.1, -0.05) is 18.5 Å². The van der Waals surface area contributed by atoms with Gasteiger partial charge in [0.25, 0.3) is 0 Å². The first-order valence-corrected chi connectivity index (χ1v) is 5.44. The molecule has 0 spiro atoms. The first-order chi connectivity index (χ1) is 6.49. The zero-order valence-electron chi connectivity index (χ0n) is 7.47. The summed E-state index contributed by atoms with van der Waals surface area (Å²) in [7, 11) is 0. The van der Waals surface area contributed by atoms with Gasteiger partial charge in [0.1, 0.15) is 0 Å². The summed E-state index contributed by atoms with van der Waals surface area (Å²) in [5.74, 6) is -1.03. The zero-order valence-corrected chi connectivity index (χ0v) is 10.4. The van der Waals surface area contributed by atoms with Crippen molar-refractivity contribution in [2.45, 2.75) is 13.3 Å². The van der Waals surface area contributed by atoms with Crippen LogP contribution >= 0.6 is 34.2 Å². The number of rotatable bonds is 2. The average Bonchev–Trinajstić information content (AvgIpc) is 2.14. The lowest BCUT2D eigenvalue weighted by molar-refractivity contribution is 0.0697. The van der Waals surface area contributed by atoms with Gasteiger partial charge in [0, 0.05) is 5.69 Å². The van der Waals surface area contributed by atoms with Gasteiger partial charge in [-0.3, -0.25) is 0 Å². The van der Waals surface area contributed by atoms with Crippen molar-refractivity contribution in [3.63, 3.8) is 0 Å². The second-order valence-corrected chi connectivity index (χ2v) is 4.24. The molecule has 1 rings (SSSR count). The van der Waals surface area contributed by atoms with Crippen LogP contribution in [0.1, 0.15) is 22.8 Å². The highest BCUT2D eigenvalue weighted by Gasteiger charge is 2.16. The van der Waals surface area contributed by atoms with Crippen molar-refractivity contribution >= 4 is 45.8 Å². The number of halogens is 2. The molecule has 0 aliphatic rings. The number of aryl methyl sites for hydroxylation is 1. The Kier molecular flexibility index (Phi) is 3.60. The molecule has 14 heavy (non-hydrogen) atoms. The van der Waals surface area contributed by atoms with Crippen molar-refractivity contribution in [2.75, 3.05) is 5.73 Å². The number of carbonyl (C=O) groups is 1. The Hall–Kier alpha value is -0.490. The maximum Gasteiger partial charge on any atom is 0.337 e. The summed E-state index contributed by atoms with van der Waals surface area (Å²) in [6, 6.07) is 1.53. The maximum atomic E-state index is 10.8. The van der Waals surface area contributed by atoms with E-state index >= 15 is 0 Å². The number of hydrogen-bond acceptors (Lipinski definition) is 2. The van der Waals surface area contributed by atoms with Gasteiger partial charge in [-0.25, -0.2) is 4.79 Å². The van der Waals surface area contributed by atoms with Gasteiger partial charge in [0.15, 0.2) is 0 Å². The molecule has 0 aliphatic heterocycles. The number of nitrogen functional groups attached to an aromatic ring is 1. The molecule has 1 aromatic carbocycles. The second-order valence-electron chi connectivity index (χ2n) is 2.78. The van der Waals surface area contributed by atoms with Crippen molar-refractivity contribution in [1.29, 1.82) is 0 Å². The van der Waals surface area contributed by atoms with Crippen molar-refractivity contribution in [3.8, 4) is 0 Å². The van der Waals surface area contributed by atoms with Crippen LogP contribution in [0.2, 0.25) is 5.02 Å². The normalized spacial score (nSPS) is 10.2. The predicted octanol–water partition coefficient (Wildman–Crippen LogP) is 2.79. The monoisotopic (exact) mass is 325 g/mol. The SMILES string of the molecule is CCc1cc(C(=O)O)c(Cl)c(I)c1N. The van der Waals surface area contributed by atoms with Crippen molar-refractivity contribution < 1.29 is 9.90 Å². The third-order valence-electron chi connectivity index (χ3n) is 1.94. The van der Waals surface area contributed by atoms with E-state index in [1.165, 1.54) is 6.07 Å². The quantitative estimate of drug-likeness (QED) is 0.649. The minimum atomic E-state index is -1.03. The molecule has 0 heterocycles. The summed E-state index contributed by atoms with van der Waals surface area (Å²) in [4.78, 5) is 10.8. The molecule has 0 bridgehead atoms. The number of nitrogens with two attached hydrogens (primary N) is 1. The van der Waals surface area contributed by atoms with Gasteiger partial charge in [-0.05, 0) is 40.6 Å². The van der Waals surface area contributed by atoms with Crippen LogP contribution in [0.25, 0.3) is 0 Å². The summed E-state index contributed by atoms with van der Waals surface area (Å²) in [5, 5.41) is 9.09. The number of hydrogen-bond donors (Lipinski definition) is 2. The Bertz CT molecular complexity index is 393. The molecule has 1 aromatic rings. The smallest absolute Gasteiger partial charge is 0.337 e. The summed E-state index contributed by atoms with van der Waals surface area (Å²) in [6.45, 7) is 1.92. The number of anilines is 1. The number of benzene rings is 1. The zero-order chi connectivity index (χ0) is 10.9. The third-order valence-corrected chi connectivity index (χ3v) is 3.77. The molecule has 0 aromatic heterocycles. The van der Waals surface area contributed by atoms with Gasteiger partial charge in [-0.2, -0.15) is 0 Å². The fraction of sp³-hybridized carbons (Fsp3) is 0.222. The Morgan fingerprint density at radius 1 is 1.71 bits per heavy atom. The van der Waals surface area contributed by atoms with E-state index in [2.05, 4.69) is 0 Å². The summed E-state index contributed by atoms with van der Waals surface area (Å²) in [5.41, 5.74) is 7.28. The van der Waals surface area contributed by atoms with Crippen LogP contribution < -0.4 is 5.73 Å². The van der Waals surface area contributed by atoms with Gasteiger partial charge >= 0.3 is 5.97 Å². The molecule has 3 N–H and O–H groups in total. The molecule has 0 amide bonds. The van der Waals surface area contributed by atoms with E-state index in [9.17, 15) is 4.79 Å². The van der Waals surface area contributed by atoms with E-state index in [0.29, 0.717) is 15.7 Å². The lowest BCUT2D eigenvalue weighted by Crippen LogP contribution is -2.05. The second kappa shape index (κ2) is 4.35. The van der Waals surface area contributed by atoms with E-state index < -0.39 is 5.97 Å². The number of carboxylic acid groups (broad SMARTS) is 1. The molecular formula is C9H9ClINO2. The molecule has 0 saturated carbocycles. The molecule has 0 fully saturated rings. The van der Waals surface area contributed by atoms with Crippen LogP contribution in [-0.2, 0) is 6.42 Å². The average molecular weight is 326 g/mol. The molecule has 5 heteroatoms. The number of carboxylic acids is 1. The molecule has 0 saturated heterocycles. The van der Waals surface area contributed by atoms with Gasteiger partial charge in [0.2, 0.25) is 0 Å². The van der Waals surface area contributed by atoms with E-state index in [1.807, 2.05) is 29.5 Å². The largest absolute Gasteiger partial charge is 0.478 e. The molecule has 0 aliphatic carbocycles. The van der Waals surface area contributed by atoms with E-state index in [1.54, 1.807) is 0 Å². The summed E-state index contributed by atoms with van der Waals surface area (Å²) in [6.07, 6.45) is 0.694. The molecule has 0 radical (unpaired) electrons. The summed E-state index contributed by atoms with van der Waals surface area (Å²) < 4.78 is 0.612. The highest BCUT2D eigenvalue weighted by Crippen LogP contribution is 2.31. The molecule has 3 nitrogen and oxygen atoms in total. The maximum absolute atomic E-state index is 10.8.